The van der Waals surface area contributed by atoms with Crippen LogP contribution in [0.3, 0.4) is 0 Å². The summed E-state index contributed by atoms with van der Waals surface area (Å²) < 4.78 is 50.8. The van der Waals surface area contributed by atoms with Gasteiger partial charge in [-0.05, 0) is 25.1 Å². The van der Waals surface area contributed by atoms with E-state index in [1.807, 2.05) is 6.92 Å². The van der Waals surface area contributed by atoms with Gasteiger partial charge in [0.05, 0.1) is 17.8 Å². The molecule has 2 N–H and O–H groups in total. The van der Waals surface area contributed by atoms with Crippen LogP contribution in [0.4, 0.5) is 16.0 Å². The van der Waals surface area contributed by atoms with Gasteiger partial charge in [-0.3, -0.25) is 9.12 Å². The number of benzene rings is 1. The van der Waals surface area contributed by atoms with Crippen LogP contribution in [0.5, 0.6) is 5.88 Å². The second-order valence-corrected chi connectivity index (χ2v) is 9.61. The number of sulfonamides is 1. The molecule has 0 fully saturated rings. The second kappa shape index (κ2) is 9.17. The quantitative estimate of drug-likeness (QED) is 0.323. The van der Waals surface area contributed by atoms with E-state index in [2.05, 4.69) is 35.2 Å². The molecular formula is C22H18ClFN8O3S. The summed E-state index contributed by atoms with van der Waals surface area (Å²) in [6.45, 7) is 2.56. The molecule has 0 atom stereocenters. The maximum Gasteiger partial charge on any atom is 0.267 e. The van der Waals surface area contributed by atoms with Crippen LogP contribution >= 0.6 is 11.6 Å². The van der Waals surface area contributed by atoms with E-state index in [1.165, 1.54) is 43.9 Å². The highest BCUT2D eigenvalue weighted by molar-refractivity contribution is 7.92. The summed E-state index contributed by atoms with van der Waals surface area (Å²) in [4.78, 5) is 12.3. The van der Waals surface area contributed by atoms with Gasteiger partial charge in [-0.2, -0.15) is 4.98 Å². The molecule has 11 nitrogen and oxygen atoms in total. The number of methoxy groups -OCH3 is 1. The second-order valence-electron chi connectivity index (χ2n) is 7.52. The van der Waals surface area contributed by atoms with E-state index >= 15 is 4.39 Å². The summed E-state index contributed by atoms with van der Waals surface area (Å²) in [6.07, 6.45) is 4.31. The number of rotatable bonds is 7. The van der Waals surface area contributed by atoms with Crippen molar-refractivity contribution in [3.05, 3.63) is 59.9 Å². The highest BCUT2D eigenvalue weighted by atomic mass is 35.5. The van der Waals surface area contributed by atoms with Crippen LogP contribution in [0.25, 0.3) is 27.8 Å². The molecule has 4 aromatic heterocycles. The van der Waals surface area contributed by atoms with E-state index in [0.717, 1.165) is 0 Å². The number of ether oxygens (including phenoxy) is 1. The average molecular weight is 529 g/mol. The first-order valence-electron chi connectivity index (χ1n) is 10.6. The minimum Gasteiger partial charge on any atom is -0.480 e. The van der Waals surface area contributed by atoms with Crippen molar-refractivity contribution in [2.45, 2.75) is 11.8 Å². The topological polar surface area (TPSA) is 136 Å². The highest BCUT2D eigenvalue weighted by Crippen LogP contribution is 2.34. The Kier molecular flexibility index (Phi) is 6.02. The average Bonchev–Trinajstić information content (AvgIpc) is 3.36. The summed E-state index contributed by atoms with van der Waals surface area (Å²) in [5, 5.41) is 11.8. The zero-order valence-electron chi connectivity index (χ0n) is 18.9. The smallest absolute Gasteiger partial charge is 0.267 e. The first-order valence-corrected chi connectivity index (χ1v) is 12.4. The van der Waals surface area contributed by atoms with Crippen LogP contribution in [0, 0.1) is 5.82 Å². The van der Waals surface area contributed by atoms with Crippen molar-refractivity contribution in [2.24, 2.45) is 0 Å². The fraction of sp³-hybridized carbons (Fsp3) is 0.136. The summed E-state index contributed by atoms with van der Waals surface area (Å²) in [5.41, 5.74) is 1.05. The van der Waals surface area contributed by atoms with Crippen molar-refractivity contribution in [3.63, 3.8) is 0 Å². The molecule has 36 heavy (non-hydrogen) atoms. The molecule has 0 radical (unpaired) electrons. The molecule has 14 heteroatoms. The van der Waals surface area contributed by atoms with Crippen molar-refractivity contribution in [1.29, 1.82) is 0 Å². The molecule has 1 aromatic carbocycles. The molecule has 0 aliphatic rings. The molecule has 4 heterocycles. The maximum atomic E-state index is 15.8. The number of hydrogen-bond acceptors (Lipinski definition) is 9. The Morgan fingerprint density at radius 2 is 1.97 bits per heavy atom. The molecular weight excluding hydrogens is 511 g/mol. The third-order valence-electron chi connectivity index (χ3n) is 5.25. The van der Waals surface area contributed by atoms with E-state index < -0.39 is 15.8 Å². The molecule has 5 rings (SSSR count). The van der Waals surface area contributed by atoms with Gasteiger partial charge in [0, 0.05) is 35.5 Å². The molecule has 0 unspecified atom stereocenters. The lowest BCUT2D eigenvalue weighted by Crippen LogP contribution is -2.16. The largest absolute Gasteiger partial charge is 0.480 e. The molecule has 0 amide bonds. The number of halogens is 2. The van der Waals surface area contributed by atoms with Gasteiger partial charge >= 0.3 is 0 Å². The van der Waals surface area contributed by atoms with Gasteiger partial charge in [0.25, 0.3) is 10.0 Å². The van der Waals surface area contributed by atoms with Gasteiger partial charge in [0.2, 0.25) is 11.8 Å². The van der Waals surface area contributed by atoms with Gasteiger partial charge in [-0.1, -0.05) is 23.7 Å². The van der Waals surface area contributed by atoms with Crippen LogP contribution < -0.4 is 14.8 Å². The summed E-state index contributed by atoms with van der Waals surface area (Å²) in [6, 6.07) is 7.18. The van der Waals surface area contributed by atoms with E-state index in [9.17, 15) is 8.42 Å². The number of hydrogen-bond donors (Lipinski definition) is 2. The first-order chi connectivity index (χ1) is 17.3. The van der Waals surface area contributed by atoms with Crippen molar-refractivity contribution in [2.75, 3.05) is 23.7 Å². The number of nitrogens with one attached hydrogen (secondary N) is 2. The number of aromatic nitrogens is 6. The Balaban J connectivity index is 1.62. The predicted octanol–water partition coefficient (Wildman–Crippen LogP) is 3.77. The van der Waals surface area contributed by atoms with Gasteiger partial charge in [-0.15, -0.1) is 10.2 Å². The van der Waals surface area contributed by atoms with Crippen LogP contribution in [-0.4, -0.2) is 51.6 Å². The monoisotopic (exact) mass is 528 g/mol. The molecule has 0 saturated heterocycles. The fourth-order valence-electron chi connectivity index (χ4n) is 3.68. The van der Waals surface area contributed by atoms with Crippen molar-refractivity contribution >= 4 is 49.9 Å². The molecule has 0 bridgehead atoms. The van der Waals surface area contributed by atoms with E-state index in [1.54, 1.807) is 16.7 Å². The van der Waals surface area contributed by atoms with Gasteiger partial charge in [0.1, 0.15) is 6.33 Å². The number of nitrogens with zero attached hydrogens (tertiary/aromatic N) is 6. The Hall–Kier alpha value is -4.10. The van der Waals surface area contributed by atoms with Gasteiger partial charge in [-0.25, -0.2) is 22.8 Å². The summed E-state index contributed by atoms with van der Waals surface area (Å²) >= 11 is 5.93. The van der Waals surface area contributed by atoms with Crippen molar-refractivity contribution in [3.8, 4) is 17.0 Å². The Morgan fingerprint density at radius 1 is 1.14 bits per heavy atom. The molecule has 0 saturated carbocycles. The number of pyridine rings is 2. The number of fused-ring (bicyclic) bond motifs is 3. The third-order valence-corrected chi connectivity index (χ3v) is 6.82. The van der Waals surface area contributed by atoms with Crippen LogP contribution in [0.1, 0.15) is 6.92 Å². The van der Waals surface area contributed by atoms with Crippen LogP contribution in [0.15, 0.2) is 53.9 Å². The molecule has 0 spiro atoms. The molecule has 184 valence electrons. The predicted molar refractivity (Wildman–Crippen MR) is 132 cm³/mol. The summed E-state index contributed by atoms with van der Waals surface area (Å²) in [7, 11) is -3.03. The maximum absolute atomic E-state index is 15.8. The Labute approximate surface area is 209 Å². The zero-order valence-corrected chi connectivity index (χ0v) is 20.5. The van der Waals surface area contributed by atoms with Crippen LogP contribution in [0.2, 0.25) is 5.02 Å². The Bertz CT molecular complexity index is 1730. The fourth-order valence-corrected chi connectivity index (χ4v) is 5.11. The standard InChI is InChI=1S/C22H18ClFN8O3S/c1-3-25-22-27-9-12-7-15(20-30-28-11-32(20)19(12)29-22)14-5-4-6-16(18(14)24)31-36(33,34)17-8-13(23)10-26-21(17)35-2/h4-11,31H,3H2,1-2H3,(H,25,27,29). The van der Waals surface area contributed by atoms with E-state index in [-0.39, 0.29) is 27.0 Å². The lowest BCUT2D eigenvalue weighted by molar-refractivity contribution is 0.385. The Morgan fingerprint density at radius 3 is 2.75 bits per heavy atom. The minimum atomic E-state index is -4.30. The highest BCUT2D eigenvalue weighted by Gasteiger charge is 2.24. The lowest BCUT2D eigenvalue weighted by Gasteiger charge is -2.14. The first kappa shape index (κ1) is 23.6. The minimum absolute atomic E-state index is 0.0790. The van der Waals surface area contributed by atoms with Gasteiger partial charge < -0.3 is 10.1 Å². The molecule has 0 aliphatic carbocycles. The lowest BCUT2D eigenvalue weighted by atomic mass is 10.0. The van der Waals surface area contributed by atoms with E-state index in [0.29, 0.717) is 34.7 Å². The van der Waals surface area contributed by atoms with Crippen molar-refractivity contribution < 1.29 is 17.5 Å². The van der Waals surface area contributed by atoms with Crippen molar-refractivity contribution in [1.82, 2.24) is 29.5 Å². The third kappa shape index (κ3) is 4.12. The molecule has 5 aromatic rings. The van der Waals surface area contributed by atoms with Gasteiger partial charge in [0.15, 0.2) is 22.0 Å². The SMILES string of the molecule is CCNc1ncc2cc(-c3cccc(NS(=O)(=O)c4cc(Cl)cnc4OC)c3F)c3nncn3c2n1. The normalized spacial score (nSPS) is 11.7. The summed E-state index contributed by atoms with van der Waals surface area (Å²) in [5.74, 6) is -0.564. The molecule has 0 aliphatic heterocycles. The van der Waals surface area contributed by atoms with E-state index in [4.69, 9.17) is 16.3 Å². The zero-order chi connectivity index (χ0) is 25.4. The van der Waals surface area contributed by atoms with Crippen LogP contribution in [-0.2, 0) is 10.0 Å². The number of anilines is 2.